The van der Waals surface area contributed by atoms with Crippen LogP contribution >= 0.6 is 0 Å². The van der Waals surface area contributed by atoms with Crippen molar-refractivity contribution in [3.8, 4) is 5.69 Å². The summed E-state index contributed by atoms with van der Waals surface area (Å²) in [4.78, 5) is 27.5. The van der Waals surface area contributed by atoms with Crippen molar-refractivity contribution in [2.75, 3.05) is 6.54 Å². The van der Waals surface area contributed by atoms with E-state index >= 15 is 0 Å². The molecule has 0 aliphatic carbocycles. The van der Waals surface area contributed by atoms with Crippen LogP contribution in [-0.2, 0) is 14.3 Å². The highest BCUT2D eigenvalue weighted by atomic mass is 16.5. The summed E-state index contributed by atoms with van der Waals surface area (Å²) in [6.07, 6.45) is 3.04. The van der Waals surface area contributed by atoms with Crippen LogP contribution in [0, 0.1) is 18.8 Å². The van der Waals surface area contributed by atoms with Crippen molar-refractivity contribution in [2.24, 2.45) is 11.8 Å². The summed E-state index contributed by atoms with van der Waals surface area (Å²) in [6.45, 7) is 2.20. The molecule has 0 saturated carbocycles. The number of aromatic nitrogens is 4. The Labute approximate surface area is 189 Å². The van der Waals surface area contributed by atoms with E-state index in [4.69, 9.17) is 4.74 Å². The minimum absolute atomic E-state index is 0.230. The molecule has 3 aliphatic heterocycles. The average Bonchev–Trinajstić information content (AvgIpc) is 3.57. The maximum atomic E-state index is 13.8. The fourth-order valence-electron chi connectivity index (χ4n) is 5.47. The molecule has 33 heavy (non-hydrogen) atoms. The van der Waals surface area contributed by atoms with Gasteiger partial charge in [-0.15, -0.1) is 5.10 Å². The second-order valence-corrected chi connectivity index (χ2v) is 8.75. The number of fused-ring (bicyclic) bond motifs is 1. The number of nitrogens with zero attached hydrogens (tertiary/aromatic N) is 5. The van der Waals surface area contributed by atoms with Gasteiger partial charge in [-0.3, -0.25) is 9.59 Å². The molecule has 0 radical (unpaired) electrons. The first-order valence-corrected chi connectivity index (χ1v) is 10.8. The molecule has 166 valence electrons. The molecule has 2 aromatic carbocycles. The monoisotopic (exact) mass is 443 g/mol. The average molecular weight is 443 g/mol. The van der Waals surface area contributed by atoms with Crippen molar-refractivity contribution in [1.82, 2.24) is 25.1 Å². The molecule has 3 aromatic rings. The number of hydrogen-bond donors (Lipinski definition) is 1. The van der Waals surface area contributed by atoms with E-state index in [-0.39, 0.29) is 12.5 Å². The number of carbonyl (C=O) groups is 2. The van der Waals surface area contributed by atoms with E-state index in [0.29, 0.717) is 5.82 Å². The Balaban J connectivity index is 1.49. The number of aliphatic carboxylic acids is 1. The lowest BCUT2D eigenvalue weighted by atomic mass is 9.77. The van der Waals surface area contributed by atoms with E-state index in [0.717, 1.165) is 16.8 Å². The summed E-state index contributed by atoms with van der Waals surface area (Å²) >= 11 is 0. The first-order chi connectivity index (χ1) is 16.0. The molecule has 1 amide bonds. The molecule has 9 heteroatoms. The molecule has 4 heterocycles. The second kappa shape index (κ2) is 7.08. The SMILES string of the molecule is Cc1ccccc1-n1nnnc1C(c1ccccc1)N1CC23C=CC(O2)C(C(=O)O)C3C1=O. The molecule has 3 aliphatic rings. The lowest BCUT2D eigenvalue weighted by Gasteiger charge is -2.29. The molecule has 2 saturated heterocycles. The van der Waals surface area contributed by atoms with E-state index in [2.05, 4.69) is 15.5 Å². The Morgan fingerprint density at radius 3 is 2.70 bits per heavy atom. The molecule has 1 N–H and O–H groups in total. The van der Waals surface area contributed by atoms with Gasteiger partial charge in [-0.2, -0.15) is 4.68 Å². The lowest BCUT2D eigenvalue weighted by molar-refractivity contribution is -0.148. The van der Waals surface area contributed by atoms with Gasteiger partial charge in [0.15, 0.2) is 5.82 Å². The van der Waals surface area contributed by atoms with Crippen LogP contribution in [0.4, 0.5) is 0 Å². The molecular weight excluding hydrogens is 422 g/mol. The summed E-state index contributed by atoms with van der Waals surface area (Å²) in [5.41, 5.74) is 1.68. The van der Waals surface area contributed by atoms with Crippen LogP contribution in [0.25, 0.3) is 5.69 Å². The fraction of sp³-hybridized carbons (Fsp3) is 0.292. The number of amides is 1. The van der Waals surface area contributed by atoms with Gasteiger partial charge in [0.1, 0.15) is 17.6 Å². The van der Waals surface area contributed by atoms with E-state index < -0.39 is 35.6 Å². The van der Waals surface area contributed by atoms with Gasteiger partial charge >= 0.3 is 5.97 Å². The minimum Gasteiger partial charge on any atom is -0.481 e. The number of carbonyl (C=O) groups excluding carboxylic acids is 1. The lowest BCUT2D eigenvalue weighted by Crippen LogP contribution is -2.39. The predicted octanol–water partition coefficient (Wildman–Crippen LogP) is 1.93. The highest BCUT2D eigenvalue weighted by Crippen LogP contribution is 2.53. The number of tetrazole rings is 1. The summed E-state index contributed by atoms with van der Waals surface area (Å²) in [5.74, 6) is -2.49. The summed E-state index contributed by atoms with van der Waals surface area (Å²) < 4.78 is 7.73. The van der Waals surface area contributed by atoms with Gasteiger partial charge in [0.25, 0.3) is 0 Å². The number of para-hydroxylation sites is 1. The van der Waals surface area contributed by atoms with Gasteiger partial charge in [-0.25, -0.2) is 0 Å². The molecule has 9 nitrogen and oxygen atoms in total. The first kappa shape index (κ1) is 19.8. The van der Waals surface area contributed by atoms with Crippen molar-refractivity contribution >= 4 is 11.9 Å². The minimum atomic E-state index is -1.02. The molecule has 5 unspecified atom stereocenters. The summed E-state index contributed by atoms with van der Waals surface area (Å²) in [7, 11) is 0. The van der Waals surface area contributed by atoms with Gasteiger partial charge < -0.3 is 14.7 Å². The maximum Gasteiger partial charge on any atom is 0.310 e. The standard InChI is InChI=1S/C24H21N5O4/c1-14-7-5-6-10-16(14)29-21(25-26-27-29)20(15-8-3-2-4-9-15)28-13-24-12-11-17(33-24)18(23(31)32)19(24)22(28)30/h2-12,17-20H,13H2,1H3,(H,31,32). The molecule has 6 rings (SSSR count). The van der Waals surface area contributed by atoms with E-state index in [9.17, 15) is 14.7 Å². The Hall–Kier alpha value is -3.85. The van der Waals surface area contributed by atoms with E-state index in [1.807, 2.05) is 67.6 Å². The third-order valence-electron chi connectivity index (χ3n) is 6.92. The van der Waals surface area contributed by atoms with Crippen molar-refractivity contribution in [3.63, 3.8) is 0 Å². The Bertz CT molecular complexity index is 1290. The van der Waals surface area contributed by atoms with Gasteiger partial charge in [0, 0.05) is 0 Å². The van der Waals surface area contributed by atoms with Crippen LogP contribution in [0.15, 0.2) is 66.7 Å². The zero-order valence-electron chi connectivity index (χ0n) is 17.8. The zero-order chi connectivity index (χ0) is 22.7. The summed E-state index contributed by atoms with van der Waals surface area (Å²) in [5, 5.41) is 22.3. The second-order valence-electron chi connectivity index (χ2n) is 8.75. The van der Waals surface area contributed by atoms with Gasteiger partial charge in [0.05, 0.1) is 24.3 Å². The Kier molecular flexibility index (Phi) is 4.25. The molecule has 2 bridgehead atoms. The normalized spacial score (nSPS) is 28.3. The largest absolute Gasteiger partial charge is 0.481 e. The van der Waals surface area contributed by atoms with E-state index in [1.165, 1.54) is 0 Å². The predicted molar refractivity (Wildman–Crippen MR) is 115 cm³/mol. The smallest absolute Gasteiger partial charge is 0.310 e. The third kappa shape index (κ3) is 2.78. The van der Waals surface area contributed by atoms with Crippen LogP contribution in [0.2, 0.25) is 0 Å². The van der Waals surface area contributed by atoms with Crippen molar-refractivity contribution < 1.29 is 19.4 Å². The quantitative estimate of drug-likeness (QED) is 0.600. The molecular formula is C24H21N5O4. The summed E-state index contributed by atoms with van der Waals surface area (Å²) in [6, 6.07) is 16.7. The van der Waals surface area contributed by atoms with Crippen LogP contribution in [-0.4, -0.2) is 60.3 Å². The number of rotatable bonds is 5. The van der Waals surface area contributed by atoms with Gasteiger partial charge in [0.2, 0.25) is 5.91 Å². The molecule has 2 fully saturated rings. The Morgan fingerprint density at radius 1 is 1.18 bits per heavy atom. The zero-order valence-corrected chi connectivity index (χ0v) is 17.8. The number of ether oxygens (including phenoxy) is 1. The van der Waals surface area contributed by atoms with Crippen LogP contribution in [0.3, 0.4) is 0 Å². The van der Waals surface area contributed by atoms with Crippen LogP contribution in [0.1, 0.15) is 23.0 Å². The number of carboxylic acid groups (broad SMARTS) is 1. The van der Waals surface area contributed by atoms with Crippen LogP contribution in [0.5, 0.6) is 0 Å². The molecule has 5 atom stereocenters. The fourth-order valence-corrected chi connectivity index (χ4v) is 5.47. The number of likely N-dealkylation sites (tertiary alicyclic amines) is 1. The van der Waals surface area contributed by atoms with Crippen LogP contribution < -0.4 is 0 Å². The Morgan fingerprint density at radius 2 is 1.94 bits per heavy atom. The van der Waals surface area contributed by atoms with Gasteiger partial charge in [-0.05, 0) is 34.5 Å². The third-order valence-corrected chi connectivity index (χ3v) is 6.92. The number of carboxylic acids is 1. The number of benzene rings is 2. The highest BCUT2D eigenvalue weighted by molar-refractivity contribution is 5.91. The maximum absolute atomic E-state index is 13.8. The van der Waals surface area contributed by atoms with E-state index in [1.54, 1.807) is 15.7 Å². The molecule has 1 spiro atoms. The highest BCUT2D eigenvalue weighted by Gasteiger charge is 2.68. The molecule has 1 aromatic heterocycles. The number of aryl methyl sites for hydroxylation is 1. The van der Waals surface area contributed by atoms with Crippen molar-refractivity contribution in [3.05, 3.63) is 83.7 Å². The van der Waals surface area contributed by atoms with Crippen molar-refractivity contribution in [1.29, 1.82) is 0 Å². The van der Waals surface area contributed by atoms with Crippen molar-refractivity contribution in [2.45, 2.75) is 24.7 Å². The topological polar surface area (TPSA) is 110 Å². The number of hydrogen-bond acceptors (Lipinski definition) is 6. The van der Waals surface area contributed by atoms with Gasteiger partial charge in [-0.1, -0.05) is 60.7 Å². The first-order valence-electron chi connectivity index (χ1n) is 10.8.